The number of hydrogen-bond acceptors (Lipinski definition) is 9. The predicted octanol–water partition coefficient (Wildman–Crippen LogP) is 2.02. The Morgan fingerprint density at radius 2 is 2.14 bits per heavy atom. The molecule has 0 radical (unpaired) electrons. The number of Topliss-reactive ketones (excluding diaryl/α,β-unsaturated/α-hetero) is 1. The minimum Gasteiger partial charge on any atom is -0.367 e. The Bertz CT molecular complexity index is 1020. The highest BCUT2D eigenvalue weighted by Gasteiger charge is 2.33. The third kappa shape index (κ3) is 5.44. The van der Waals surface area contributed by atoms with Gasteiger partial charge < -0.3 is 5.32 Å². The Labute approximate surface area is 173 Å². The Kier molecular flexibility index (Phi) is 6.42. The van der Waals surface area contributed by atoms with Crippen LogP contribution in [0.5, 0.6) is 0 Å². The lowest BCUT2D eigenvalue weighted by molar-refractivity contribution is 0.101. The van der Waals surface area contributed by atoms with Crippen molar-refractivity contribution in [1.82, 2.24) is 9.97 Å². The Morgan fingerprint density at radius 3 is 2.79 bits per heavy atom. The molecule has 0 bridgehead atoms. The number of anilines is 1. The van der Waals surface area contributed by atoms with E-state index in [-0.39, 0.29) is 36.1 Å². The van der Waals surface area contributed by atoms with Crippen LogP contribution in [0, 0.1) is 11.8 Å². The lowest BCUT2D eigenvalue weighted by atomic mass is 10.00. The third-order valence-corrected chi connectivity index (χ3v) is 6.42. The van der Waals surface area contributed by atoms with E-state index in [9.17, 15) is 18.0 Å². The molecule has 3 rings (SSSR count). The number of thiophene rings is 1. The molecule has 0 aromatic carbocycles. The first kappa shape index (κ1) is 21.5. The maximum Gasteiger partial charge on any atom is 0.333 e. The van der Waals surface area contributed by atoms with Gasteiger partial charge in [0.05, 0.1) is 17.0 Å². The van der Waals surface area contributed by atoms with Crippen LogP contribution in [0.15, 0.2) is 24.0 Å². The van der Waals surface area contributed by atoms with Gasteiger partial charge in [0.2, 0.25) is 5.78 Å². The SMILES string of the molecule is CC(=O)c1csc(C(=O)c2cncnc2N[C@@H]2C[C@H](COS(N)(=O)=O)[C@@H](C)C2)c1. The summed E-state index contributed by atoms with van der Waals surface area (Å²) in [5.74, 6) is 0.280. The van der Waals surface area contributed by atoms with Crippen molar-refractivity contribution in [3.63, 3.8) is 0 Å². The maximum absolute atomic E-state index is 12.9. The van der Waals surface area contributed by atoms with E-state index in [1.54, 1.807) is 11.4 Å². The first-order valence-electron chi connectivity index (χ1n) is 9.02. The summed E-state index contributed by atoms with van der Waals surface area (Å²) in [6.45, 7) is 3.49. The molecular formula is C18H22N4O5S2. The van der Waals surface area contributed by atoms with Gasteiger partial charge in [-0.15, -0.1) is 11.3 Å². The molecule has 2 aromatic heterocycles. The molecule has 1 saturated carbocycles. The second-order valence-corrected chi connectivity index (χ2v) is 9.33. The Balaban J connectivity index is 1.72. The largest absolute Gasteiger partial charge is 0.367 e. The fourth-order valence-electron chi connectivity index (χ4n) is 3.44. The van der Waals surface area contributed by atoms with Crippen molar-refractivity contribution in [1.29, 1.82) is 0 Å². The van der Waals surface area contributed by atoms with Crippen LogP contribution in [0.3, 0.4) is 0 Å². The molecule has 0 unspecified atom stereocenters. The molecule has 3 atom stereocenters. The van der Waals surface area contributed by atoms with Crippen LogP contribution in [-0.2, 0) is 14.5 Å². The molecule has 0 aliphatic heterocycles. The molecule has 0 saturated heterocycles. The summed E-state index contributed by atoms with van der Waals surface area (Å²) in [4.78, 5) is 33.0. The van der Waals surface area contributed by atoms with Crippen molar-refractivity contribution >= 4 is 39.0 Å². The summed E-state index contributed by atoms with van der Waals surface area (Å²) in [5, 5.41) is 9.84. The van der Waals surface area contributed by atoms with Crippen LogP contribution in [0.25, 0.3) is 0 Å². The summed E-state index contributed by atoms with van der Waals surface area (Å²) in [7, 11) is -3.97. The lowest BCUT2D eigenvalue weighted by Crippen LogP contribution is -2.22. The van der Waals surface area contributed by atoms with Crippen molar-refractivity contribution < 1.29 is 22.2 Å². The van der Waals surface area contributed by atoms with E-state index in [1.165, 1.54) is 30.8 Å². The normalized spacial score (nSPS) is 21.8. The van der Waals surface area contributed by atoms with Crippen molar-refractivity contribution in [3.05, 3.63) is 40.0 Å². The van der Waals surface area contributed by atoms with Crippen molar-refractivity contribution in [2.24, 2.45) is 17.0 Å². The number of aromatic nitrogens is 2. The zero-order chi connectivity index (χ0) is 21.2. The molecule has 0 amide bonds. The van der Waals surface area contributed by atoms with Gasteiger partial charge in [-0.1, -0.05) is 6.92 Å². The first-order chi connectivity index (χ1) is 13.6. The summed E-state index contributed by atoms with van der Waals surface area (Å²) in [6.07, 6.45) is 4.23. The van der Waals surface area contributed by atoms with Gasteiger partial charge in [-0.25, -0.2) is 15.1 Å². The van der Waals surface area contributed by atoms with Crippen LogP contribution in [0.1, 0.15) is 52.3 Å². The van der Waals surface area contributed by atoms with Gasteiger partial charge in [0.1, 0.15) is 12.1 Å². The van der Waals surface area contributed by atoms with E-state index < -0.39 is 10.3 Å². The zero-order valence-electron chi connectivity index (χ0n) is 16.0. The van der Waals surface area contributed by atoms with E-state index in [0.717, 1.165) is 6.42 Å². The van der Waals surface area contributed by atoms with Crippen LogP contribution in [0.2, 0.25) is 0 Å². The minimum absolute atomic E-state index is 0.00311. The summed E-state index contributed by atoms with van der Waals surface area (Å²) < 4.78 is 26.8. The number of nitrogens with one attached hydrogen (secondary N) is 1. The van der Waals surface area contributed by atoms with Gasteiger partial charge >= 0.3 is 10.3 Å². The molecule has 29 heavy (non-hydrogen) atoms. The van der Waals surface area contributed by atoms with Crippen LogP contribution in [0.4, 0.5) is 5.82 Å². The summed E-state index contributed by atoms with van der Waals surface area (Å²) in [6, 6.07) is 1.57. The molecule has 1 fully saturated rings. The smallest absolute Gasteiger partial charge is 0.333 e. The molecule has 1 aliphatic rings. The quantitative estimate of drug-likeness (QED) is 0.596. The molecule has 0 spiro atoms. The average Bonchev–Trinajstić information content (AvgIpc) is 3.26. The van der Waals surface area contributed by atoms with Crippen LogP contribution < -0.4 is 10.5 Å². The topological polar surface area (TPSA) is 141 Å². The predicted molar refractivity (Wildman–Crippen MR) is 108 cm³/mol. The standard InChI is InChI=1S/C18H22N4O5S2/c1-10-3-14(4-12(10)7-27-29(19,25)26)22-18-15(6-20-9-21-18)17(24)16-5-13(8-28-16)11(2)23/h5-6,8-10,12,14H,3-4,7H2,1-2H3,(H2,19,25,26)(H,20,21,22)/t10-,12+,14-/m0/s1. The fraction of sp³-hybridized carbons (Fsp3) is 0.444. The number of carbonyl (C=O) groups excluding carboxylic acids is 2. The maximum atomic E-state index is 12.9. The van der Waals surface area contributed by atoms with Crippen LogP contribution >= 0.6 is 11.3 Å². The van der Waals surface area contributed by atoms with Crippen molar-refractivity contribution in [3.8, 4) is 0 Å². The minimum atomic E-state index is -3.97. The highest BCUT2D eigenvalue weighted by atomic mass is 32.2. The number of nitrogens with two attached hydrogens (primary N) is 1. The Morgan fingerprint density at radius 1 is 1.38 bits per heavy atom. The third-order valence-electron chi connectivity index (χ3n) is 5.02. The molecule has 2 heterocycles. The zero-order valence-corrected chi connectivity index (χ0v) is 17.6. The Hall–Kier alpha value is -2.21. The van der Waals surface area contributed by atoms with Gasteiger partial charge in [-0.3, -0.25) is 13.8 Å². The average molecular weight is 439 g/mol. The van der Waals surface area contributed by atoms with E-state index in [2.05, 4.69) is 15.3 Å². The van der Waals surface area contributed by atoms with E-state index in [4.69, 9.17) is 9.32 Å². The monoisotopic (exact) mass is 438 g/mol. The molecule has 156 valence electrons. The molecule has 9 nitrogen and oxygen atoms in total. The molecule has 2 aromatic rings. The number of rotatable bonds is 8. The summed E-state index contributed by atoms with van der Waals surface area (Å²) in [5.41, 5.74) is 0.813. The second kappa shape index (κ2) is 8.66. The second-order valence-electron chi connectivity index (χ2n) is 7.20. The van der Waals surface area contributed by atoms with E-state index >= 15 is 0 Å². The molecular weight excluding hydrogens is 416 g/mol. The molecule has 1 aliphatic carbocycles. The van der Waals surface area contributed by atoms with Crippen LogP contribution in [-0.4, -0.2) is 42.6 Å². The number of ketones is 2. The molecule has 3 N–H and O–H groups in total. The van der Waals surface area contributed by atoms with Gasteiger partial charge in [0, 0.05) is 23.2 Å². The van der Waals surface area contributed by atoms with E-state index in [1.807, 2.05) is 6.92 Å². The van der Waals surface area contributed by atoms with E-state index in [0.29, 0.717) is 28.2 Å². The lowest BCUT2D eigenvalue weighted by Gasteiger charge is -2.15. The number of hydrogen-bond donors (Lipinski definition) is 2. The van der Waals surface area contributed by atoms with Crippen molar-refractivity contribution in [2.45, 2.75) is 32.7 Å². The highest BCUT2D eigenvalue weighted by Crippen LogP contribution is 2.34. The van der Waals surface area contributed by atoms with Gasteiger partial charge in [-0.05, 0) is 37.7 Å². The van der Waals surface area contributed by atoms with Gasteiger partial charge in [0.15, 0.2) is 5.78 Å². The summed E-state index contributed by atoms with van der Waals surface area (Å²) >= 11 is 1.20. The van der Waals surface area contributed by atoms with Crippen molar-refractivity contribution in [2.75, 3.05) is 11.9 Å². The number of carbonyl (C=O) groups is 2. The first-order valence-corrected chi connectivity index (χ1v) is 11.4. The van der Waals surface area contributed by atoms with Gasteiger partial charge in [0.25, 0.3) is 0 Å². The highest BCUT2D eigenvalue weighted by molar-refractivity contribution is 7.84. The fourth-order valence-corrected chi connectivity index (χ4v) is 4.71. The molecule has 11 heteroatoms. The van der Waals surface area contributed by atoms with Gasteiger partial charge in [-0.2, -0.15) is 8.42 Å². The number of nitrogens with zero attached hydrogens (tertiary/aromatic N) is 2.